The summed E-state index contributed by atoms with van der Waals surface area (Å²) in [6, 6.07) is 38.9. The number of ketones is 1. The van der Waals surface area contributed by atoms with Gasteiger partial charge in [-0.25, -0.2) is 14.8 Å². The number of Topliss-reactive ketones (excluding diaryl/α,β-unsaturated/α-hetero) is 1. The summed E-state index contributed by atoms with van der Waals surface area (Å²) in [5, 5.41) is 5.72. The number of likely N-dealkylation sites (tertiary alicyclic amines) is 1. The zero-order chi connectivity index (χ0) is 42.6. The monoisotopic (exact) mass is 821 g/mol. The van der Waals surface area contributed by atoms with Crippen molar-refractivity contribution in [1.29, 1.82) is 0 Å². The summed E-state index contributed by atoms with van der Waals surface area (Å²) in [4.78, 5) is 66.8. The van der Waals surface area contributed by atoms with Gasteiger partial charge in [0.25, 0.3) is 5.89 Å². The van der Waals surface area contributed by atoms with E-state index in [2.05, 4.69) is 20.6 Å². The third kappa shape index (κ3) is 11.5. The first kappa shape index (κ1) is 41.8. The van der Waals surface area contributed by atoms with Crippen LogP contribution in [0.5, 0.6) is 0 Å². The minimum atomic E-state index is -1.16. The third-order valence-corrected chi connectivity index (χ3v) is 10.3. The molecule has 61 heavy (non-hydrogen) atoms. The standard InChI is InChI=1S/C47H47N7O7/c48-46(49)50-35-23-20-32(21-24-35)26-39(42(55)44-52-37-18-10-11-19-41(37)61-44)51-43(56)40-27-36(59-29-33-14-6-2-7-15-33)28-54(40)45(57)38(25-22-31-12-4-1-5-13-31)53-47(58)60-30-34-16-8-3-9-17-34/h1-21,23-24,36,38-40H,22,25-30H2,(H,51,56)(H,53,58)(H4,48,49,50)/t36-,38-,39+,40+/m1/s1. The van der Waals surface area contributed by atoms with E-state index < -0.39 is 47.9 Å². The number of nitrogens with zero attached hydrogens (tertiary/aromatic N) is 3. The number of benzene rings is 5. The predicted molar refractivity (Wildman–Crippen MR) is 229 cm³/mol. The molecule has 6 aromatic rings. The summed E-state index contributed by atoms with van der Waals surface area (Å²) in [6.07, 6.45) is -0.466. The Bertz CT molecular complexity index is 2410. The number of alkyl carbamates (subject to hydrolysis) is 1. The third-order valence-electron chi connectivity index (χ3n) is 10.3. The van der Waals surface area contributed by atoms with Gasteiger partial charge in [-0.15, -0.1) is 0 Å². The van der Waals surface area contributed by atoms with Gasteiger partial charge >= 0.3 is 6.09 Å². The number of hydrogen-bond acceptors (Lipinski definition) is 9. The van der Waals surface area contributed by atoms with Gasteiger partial charge in [0.1, 0.15) is 30.2 Å². The van der Waals surface area contributed by atoms with Crippen molar-refractivity contribution in [3.63, 3.8) is 0 Å². The van der Waals surface area contributed by atoms with Crippen molar-refractivity contribution in [3.05, 3.63) is 168 Å². The summed E-state index contributed by atoms with van der Waals surface area (Å²) in [7, 11) is 0. The van der Waals surface area contributed by atoms with Gasteiger partial charge in [0.15, 0.2) is 11.5 Å². The lowest BCUT2D eigenvalue weighted by molar-refractivity contribution is -0.140. The number of aromatic nitrogens is 1. The van der Waals surface area contributed by atoms with Crippen molar-refractivity contribution >= 4 is 46.4 Å². The first-order valence-corrected chi connectivity index (χ1v) is 20.0. The second-order valence-corrected chi connectivity index (χ2v) is 14.8. The van der Waals surface area contributed by atoms with Gasteiger partial charge < -0.3 is 40.9 Å². The molecule has 312 valence electrons. The molecule has 1 aromatic heterocycles. The van der Waals surface area contributed by atoms with Gasteiger partial charge in [0.05, 0.1) is 18.4 Å². The highest BCUT2D eigenvalue weighted by Gasteiger charge is 2.44. The van der Waals surface area contributed by atoms with E-state index in [0.717, 1.165) is 16.7 Å². The number of para-hydroxylation sites is 2. The Hall–Kier alpha value is -7.32. The molecule has 1 aliphatic heterocycles. The quantitative estimate of drug-likeness (QED) is 0.0498. The summed E-state index contributed by atoms with van der Waals surface area (Å²) in [6.45, 7) is 0.309. The van der Waals surface area contributed by atoms with Crippen LogP contribution in [0.1, 0.15) is 45.8 Å². The Morgan fingerprint density at radius 1 is 0.738 bits per heavy atom. The molecular formula is C47H47N7O7. The maximum absolute atomic E-state index is 14.8. The minimum absolute atomic E-state index is 0.00291. The van der Waals surface area contributed by atoms with Gasteiger partial charge in [-0.1, -0.05) is 115 Å². The topological polar surface area (TPSA) is 204 Å². The Morgan fingerprint density at radius 3 is 2.02 bits per heavy atom. The van der Waals surface area contributed by atoms with Crippen LogP contribution < -0.4 is 22.1 Å². The molecule has 0 saturated carbocycles. The molecule has 5 aromatic carbocycles. The zero-order valence-corrected chi connectivity index (χ0v) is 33.4. The first-order valence-electron chi connectivity index (χ1n) is 20.0. The number of rotatable bonds is 17. The second-order valence-electron chi connectivity index (χ2n) is 14.8. The molecule has 3 amide bonds. The lowest BCUT2D eigenvalue weighted by atomic mass is 10.0. The van der Waals surface area contributed by atoms with E-state index in [0.29, 0.717) is 28.8 Å². The largest absolute Gasteiger partial charge is 0.445 e. The fraction of sp³-hybridized carbons (Fsp3) is 0.234. The molecule has 1 fully saturated rings. The summed E-state index contributed by atoms with van der Waals surface area (Å²) < 4.78 is 17.7. The van der Waals surface area contributed by atoms with Crippen molar-refractivity contribution in [2.45, 2.75) is 63.1 Å². The van der Waals surface area contributed by atoms with Crippen molar-refractivity contribution in [2.24, 2.45) is 16.5 Å². The van der Waals surface area contributed by atoms with Crippen LogP contribution in [0, 0.1) is 0 Å². The molecular weight excluding hydrogens is 775 g/mol. The first-order chi connectivity index (χ1) is 29.7. The van der Waals surface area contributed by atoms with E-state index in [4.69, 9.17) is 25.4 Å². The SMILES string of the molecule is NC(N)=Nc1ccc(C[C@H](NC(=O)[C@@H]2C[C@@H](OCc3ccccc3)CN2C(=O)[C@@H](CCc2ccccc2)NC(=O)OCc2ccccc2)C(=O)c2nc3ccccc3o2)cc1. The number of fused-ring (bicyclic) bond motifs is 1. The van der Waals surface area contributed by atoms with Gasteiger partial charge in [0, 0.05) is 19.4 Å². The molecule has 14 heteroatoms. The van der Waals surface area contributed by atoms with Gasteiger partial charge in [-0.3, -0.25) is 14.4 Å². The van der Waals surface area contributed by atoms with E-state index in [1.54, 1.807) is 48.5 Å². The number of amides is 3. The zero-order valence-electron chi connectivity index (χ0n) is 33.4. The van der Waals surface area contributed by atoms with Crippen molar-refractivity contribution in [1.82, 2.24) is 20.5 Å². The fourth-order valence-corrected chi connectivity index (χ4v) is 7.21. The highest BCUT2D eigenvalue weighted by atomic mass is 16.5. The van der Waals surface area contributed by atoms with Crippen LogP contribution in [-0.2, 0) is 45.1 Å². The number of carbonyl (C=O) groups excluding carboxylic acids is 4. The lowest BCUT2D eigenvalue weighted by Gasteiger charge is -2.29. The number of nitrogens with one attached hydrogen (secondary N) is 2. The minimum Gasteiger partial charge on any atom is -0.445 e. The Kier molecular flexibility index (Phi) is 13.8. The summed E-state index contributed by atoms with van der Waals surface area (Å²) >= 11 is 0. The average Bonchev–Trinajstić information content (AvgIpc) is 3.93. The number of hydrogen-bond donors (Lipinski definition) is 4. The number of carbonyl (C=O) groups is 4. The van der Waals surface area contributed by atoms with Crippen LogP contribution in [-0.4, -0.2) is 70.3 Å². The molecule has 0 spiro atoms. The van der Waals surface area contributed by atoms with Crippen molar-refractivity contribution in [2.75, 3.05) is 6.54 Å². The number of oxazole rings is 1. The van der Waals surface area contributed by atoms with Crippen LogP contribution in [0.25, 0.3) is 11.1 Å². The highest BCUT2D eigenvalue weighted by molar-refractivity contribution is 6.01. The van der Waals surface area contributed by atoms with E-state index in [-0.39, 0.29) is 50.9 Å². The molecule has 1 aliphatic rings. The number of guanidine groups is 1. The molecule has 6 N–H and O–H groups in total. The summed E-state index contributed by atoms with van der Waals surface area (Å²) in [5.74, 6) is -1.91. The molecule has 4 atom stereocenters. The molecule has 0 bridgehead atoms. The van der Waals surface area contributed by atoms with Crippen LogP contribution in [0.3, 0.4) is 0 Å². The molecule has 14 nitrogen and oxygen atoms in total. The molecule has 0 unspecified atom stereocenters. The summed E-state index contributed by atoms with van der Waals surface area (Å²) in [5.41, 5.74) is 15.9. The van der Waals surface area contributed by atoms with Gasteiger partial charge in [-0.2, -0.15) is 0 Å². The number of aryl methyl sites for hydroxylation is 1. The maximum atomic E-state index is 14.8. The smallest absolute Gasteiger partial charge is 0.408 e. The maximum Gasteiger partial charge on any atom is 0.408 e. The average molecular weight is 822 g/mol. The Balaban J connectivity index is 1.15. The lowest BCUT2D eigenvalue weighted by Crippen LogP contribution is -2.55. The fourth-order valence-electron chi connectivity index (χ4n) is 7.21. The molecule has 0 radical (unpaired) electrons. The van der Waals surface area contributed by atoms with Crippen LogP contribution in [0.4, 0.5) is 10.5 Å². The van der Waals surface area contributed by atoms with Gasteiger partial charge in [-0.05, 0) is 59.4 Å². The van der Waals surface area contributed by atoms with Crippen LogP contribution >= 0.6 is 0 Å². The van der Waals surface area contributed by atoms with Crippen LogP contribution in [0.2, 0.25) is 0 Å². The van der Waals surface area contributed by atoms with Crippen molar-refractivity contribution < 1.29 is 33.1 Å². The van der Waals surface area contributed by atoms with Gasteiger partial charge in [0.2, 0.25) is 17.6 Å². The highest BCUT2D eigenvalue weighted by Crippen LogP contribution is 2.26. The van der Waals surface area contributed by atoms with Crippen LogP contribution in [0.15, 0.2) is 149 Å². The second kappa shape index (κ2) is 20.1. The van der Waals surface area contributed by atoms with Crippen molar-refractivity contribution in [3.8, 4) is 0 Å². The Morgan fingerprint density at radius 2 is 1.36 bits per heavy atom. The Labute approximate surface area is 352 Å². The van der Waals surface area contributed by atoms with E-state index in [1.807, 2.05) is 91.0 Å². The van der Waals surface area contributed by atoms with E-state index >= 15 is 0 Å². The molecule has 0 aliphatic carbocycles. The predicted octanol–water partition coefficient (Wildman–Crippen LogP) is 5.76. The molecule has 2 heterocycles. The molecule has 1 saturated heterocycles. The van der Waals surface area contributed by atoms with E-state index in [1.165, 1.54) is 4.90 Å². The van der Waals surface area contributed by atoms with E-state index in [9.17, 15) is 19.2 Å². The molecule has 7 rings (SSSR count). The number of ether oxygens (including phenoxy) is 2. The number of aliphatic imine (C=N–C) groups is 1. The normalized spacial score (nSPS) is 15.7. The number of nitrogens with two attached hydrogens (primary N) is 2.